The molecule has 0 spiro atoms. The molecule has 1 aromatic heterocycles. The first-order chi connectivity index (χ1) is 9.10. The van der Waals surface area contributed by atoms with Crippen LogP contribution in [0.4, 0.5) is 5.82 Å². The Bertz CT molecular complexity index is 666. The number of benzene rings is 1. The van der Waals surface area contributed by atoms with Crippen molar-refractivity contribution in [2.45, 2.75) is 27.2 Å². The molecule has 1 aromatic carbocycles. The van der Waals surface area contributed by atoms with Gasteiger partial charge in [0.25, 0.3) is 0 Å². The van der Waals surface area contributed by atoms with Crippen molar-refractivity contribution in [2.75, 3.05) is 5.73 Å². The molecule has 1 heterocycles. The number of aromatic nitrogens is 1. The highest BCUT2D eigenvalue weighted by Gasteiger charge is 2.17. The topological polar surface area (TPSA) is 62.7 Å². The summed E-state index contributed by atoms with van der Waals surface area (Å²) >= 11 is 0. The smallest absolute Gasteiger partial charge is 0.142 e. The molecule has 0 unspecified atom stereocenters. The first-order valence-corrected chi connectivity index (χ1v) is 6.35. The maximum Gasteiger partial charge on any atom is 0.142 e. The molecule has 0 bridgehead atoms. The molecule has 0 amide bonds. The monoisotopic (exact) mass is 251 g/mol. The Labute approximate surface area is 113 Å². The van der Waals surface area contributed by atoms with E-state index in [1.54, 1.807) is 0 Å². The lowest BCUT2D eigenvalue weighted by Gasteiger charge is -2.15. The fraction of sp³-hybridized carbons (Fsp3) is 0.250. The molecule has 2 rings (SSSR count). The summed E-state index contributed by atoms with van der Waals surface area (Å²) in [6.45, 7) is 6.09. The van der Waals surface area contributed by atoms with Crippen molar-refractivity contribution in [3.63, 3.8) is 0 Å². The van der Waals surface area contributed by atoms with Crippen LogP contribution in [-0.4, -0.2) is 4.98 Å². The third kappa shape index (κ3) is 2.17. The number of nitrogens with two attached hydrogens (primary N) is 1. The van der Waals surface area contributed by atoms with Gasteiger partial charge in [0.1, 0.15) is 17.5 Å². The van der Waals surface area contributed by atoms with E-state index in [9.17, 15) is 5.26 Å². The molecule has 0 saturated heterocycles. The third-order valence-electron chi connectivity index (χ3n) is 3.43. The quantitative estimate of drug-likeness (QED) is 0.889. The van der Waals surface area contributed by atoms with Gasteiger partial charge in [-0.15, -0.1) is 0 Å². The zero-order valence-electron chi connectivity index (χ0n) is 11.5. The Morgan fingerprint density at radius 2 is 1.95 bits per heavy atom. The average molecular weight is 251 g/mol. The van der Waals surface area contributed by atoms with Gasteiger partial charge in [0.05, 0.1) is 0 Å². The molecular formula is C16H17N3. The highest BCUT2D eigenvalue weighted by molar-refractivity contribution is 5.80. The predicted molar refractivity (Wildman–Crippen MR) is 77.7 cm³/mol. The molecule has 0 fully saturated rings. The van der Waals surface area contributed by atoms with Gasteiger partial charge >= 0.3 is 0 Å². The third-order valence-corrected chi connectivity index (χ3v) is 3.43. The van der Waals surface area contributed by atoms with Crippen molar-refractivity contribution in [1.82, 2.24) is 4.98 Å². The standard InChI is InChI=1S/C16H17N3/c1-4-14-11(3)15(13(9-17)16(18)19-14)12-8-6-5-7-10(12)2/h5-8H,4H2,1-3H3,(H2,18,19). The molecule has 0 aliphatic rings. The van der Waals surface area contributed by atoms with Gasteiger partial charge in [0, 0.05) is 11.3 Å². The highest BCUT2D eigenvalue weighted by atomic mass is 14.8. The molecule has 0 saturated carbocycles. The summed E-state index contributed by atoms with van der Waals surface area (Å²) in [5.41, 5.74) is 11.5. The van der Waals surface area contributed by atoms with Gasteiger partial charge in [-0.05, 0) is 37.0 Å². The number of pyridine rings is 1. The first-order valence-electron chi connectivity index (χ1n) is 6.35. The Kier molecular flexibility index (Phi) is 3.52. The lowest BCUT2D eigenvalue weighted by Crippen LogP contribution is -2.05. The van der Waals surface area contributed by atoms with Gasteiger partial charge in [-0.25, -0.2) is 4.98 Å². The van der Waals surface area contributed by atoms with Crippen LogP contribution in [0.15, 0.2) is 24.3 Å². The van der Waals surface area contributed by atoms with Crippen molar-refractivity contribution < 1.29 is 0 Å². The van der Waals surface area contributed by atoms with Gasteiger partial charge in [-0.1, -0.05) is 31.2 Å². The summed E-state index contributed by atoms with van der Waals surface area (Å²) in [4.78, 5) is 4.33. The van der Waals surface area contributed by atoms with E-state index in [0.717, 1.165) is 34.4 Å². The summed E-state index contributed by atoms with van der Waals surface area (Å²) in [5.74, 6) is 0.322. The van der Waals surface area contributed by atoms with Gasteiger partial charge < -0.3 is 5.73 Å². The van der Waals surface area contributed by atoms with Crippen molar-refractivity contribution in [3.8, 4) is 17.2 Å². The van der Waals surface area contributed by atoms with Crippen LogP contribution in [0.25, 0.3) is 11.1 Å². The number of nitrogens with zero attached hydrogens (tertiary/aromatic N) is 2. The van der Waals surface area contributed by atoms with E-state index in [2.05, 4.69) is 11.1 Å². The number of hydrogen-bond donors (Lipinski definition) is 1. The summed E-state index contributed by atoms with van der Waals surface area (Å²) in [5, 5.41) is 9.37. The molecule has 0 radical (unpaired) electrons. The SMILES string of the molecule is CCc1nc(N)c(C#N)c(-c2ccccc2C)c1C. The van der Waals surface area contributed by atoms with E-state index >= 15 is 0 Å². The summed E-state index contributed by atoms with van der Waals surface area (Å²) in [6, 6.07) is 10.2. The minimum absolute atomic E-state index is 0.322. The van der Waals surface area contributed by atoms with E-state index in [1.807, 2.05) is 45.0 Å². The van der Waals surface area contributed by atoms with Gasteiger partial charge in [-0.3, -0.25) is 0 Å². The van der Waals surface area contributed by atoms with Crippen LogP contribution in [0.3, 0.4) is 0 Å². The number of aryl methyl sites for hydroxylation is 2. The molecule has 2 N–H and O–H groups in total. The molecule has 0 atom stereocenters. The predicted octanol–water partition coefficient (Wildman–Crippen LogP) is 3.38. The second-order valence-corrected chi connectivity index (χ2v) is 4.60. The highest BCUT2D eigenvalue weighted by Crippen LogP contribution is 2.33. The van der Waals surface area contributed by atoms with Gasteiger partial charge in [-0.2, -0.15) is 5.26 Å². The largest absolute Gasteiger partial charge is 0.383 e. The molecule has 96 valence electrons. The number of rotatable bonds is 2. The minimum atomic E-state index is 0.322. The van der Waals surface area contributed by atoms with E-state index in [4.69, 9.17) is 5.73 Å². The second-order valence-electron chi connectivity index (χ2n) is 4.60. The fourth-order valence-corrected chi connectivity index (χ4v) is 2.39. The van der Waals surface area contributed by atoms with E-state index in [1.165, 1.54) is 0 Å². The zero-order valence-corrected chi connectivity index (χ0v) is 11.5. The van der Waals surface area contributed by atoms with Crippen LogP contribution in [0.5, 0.6) is 0 Å². The van der Waals surface area contributed by atoms with Gasteiger partial charge in [0.2, 0.25) is 0 Å². The molecule has 2 aromatic rings. The van der Waals surface area contributed by atoms with Crippen LogP contribution < -0.4 is 5.73 Å². The van der Waals surface area contributed by atoms with Crippen LogP contribution in [-0.2, 0) is 6.42 Å². The van der Waals surface area contributed by atoms with Crippen LogP contribution in [0.2, 0.25) is 0 Å². The van der Waals surface area contributed by atoms with Crippen molar-refractivity contribution >= 4 is 5.82 Å². The van der Waals surface area contributed by atoms with Crippen molar-refractivity contribution in [3.05, 3.63) is 46.6 Å². The van der Waals surface area contributed by atoms with Crippen molar-refractivity contribution in [1.29, 1.82) is 5.26 Å². The number of nitrogen functional groups attached to an aromatic ring is 1. The first kappa shape index (κ1) is 13.1. The minimum Gasteiger partial charge on any atom is -0.383 e. The van der Waals surface area contributed by atoms with Crippen LogP contribution >= 0.6 is 0 Å². The fourth-order valence-electron chi connectivity index (χ4n) is 2.39. The summed E-state index contributed by atoms with van der Waals surface area (Å²) < 4.78 is 0. The Balaban J connectivity index is 2.86. The normalized spacial score (nSPS) is 10.2. The molecule has 0 aliphatic heterocycles. The molecular weight excluding hydrogens is 234 g/mol. The molecule has 3 heteroatoms. The lowest BCUT2D eigenvalue weighted by molar-refractivity contribution is 1.01. The zero-order chi connectivity index (χ0) is 14.0. The van der Waals surface area contributed by atoms with E-state index < -0.39 is 0 Å². The Morgan fingerprint density at radius 1 is 1.26 bits per heavy atom. The number of nitriles is 1. The van der Waals surface area contributed by atoms with Crippen LogP contribution in [0, 0.1) is 25.2 Å². The average Bonchev–Trinajstić information content (AvgIpc) is 2.41. The maximum atomic E-state index is 9.37. The number of anilines is 1. The lowest BCUT2D eigenvalue weighted by atomic mass is 9.91. The molecule has 3 nitrogen and oxygen atoms in total. The Hall–Kier alpha value is -2.34. The summed E-state index contributed by atoms with van der Waals surface area (Å²) in [7, 11) is 0. The van der Waals surface area contributed by atoms with Gasteiger partial charge in [0.15, 0.2) is 0 Å². The summed E-state index contributed by atoms with van der Waals surface area (Å²) in [6.07, 6.45) is 0.806. The van der Waals surface area contributed by atoms with E-state index in [-0.39, 0.29) is 0 Å². The molecule has 0 aliphatic carbocycles. The second kappa shape index (κ2) is 5.11. The number of hydrogen-bond acceptors (Lipinski definition) is 3. The van der Waals surface area contributed by atoms with E-state index in [0.29, 0.717) is 11.4 Å². The maximum absolute atomic E-state index is 9.37. The molecule has 19 heavy (non-hydrogen) atoms. The van der Waals surface area contributed by atoms with Crippen LogP contribution in [0.1, 0.15) is 29.3 Å². The Morgan fingerprint density at radius 3 is 2.53 bits per heavy atom. The van der Waals surface area contributed by atoms with Crippen molar-refractivity contribution in [2.24, 2.45) is 0 Å².